The fraction of sp³-hybridized carbons (Fsp3) is 0.545. The SMILES string of the molecule is CC.CC.CO[C-]=O.N/C=C\I.[C-]#CC.[Y]. The van der Waals surface area contributed by atoms with Crippen LogP contribution in [0.5, 0.6) is 0 Å². The average molecular weight is 416 g/mol. The van der Waals surface area contributed by atoms with E-state index in [0.717, 1.165) is 0 Å². The molecule has 1 radical (unpaired) electrons. The van der Waals surface area contributed by atoms with Crippen LogP contribution in [0.2, 0.25) is 0 Å². The third-order valence-corrected chi connectivity index (χ3v) is 0.571. The largest absolute Gasteiger partial charge is 0.694 e. The summed E-state index contributed by atoms with van der Waals surface area (Å²) < 4.78 is 5.48. The summed E-state index contributed by atoms with van der Waals surface area (Å²) in [5.41, 5.74) is 4.84. The van der Waals surface area contributed by atoms with Crippen LogP contribution >= 0.6 is 22.6 Å². The Morgan fingerprint density at radius 3 is 1.50 bits per heavy atom. The van der Waals surface area contributed by atoms with Crippen LogP contribution in [0.4, 0.5) is 0 Å². The normalized spacial score (nSPS) is 4.88. The van der Waals surface area contributed by atoms with Gasteiger partial charge in [0.1, 0.15) is 0 Å². The molecular weight excluding hydrogens is 394 g/mol. The molecule has 0 aromatic carbocycles. The molecule has 0 rings (SSSR count). The van der Waals surface area contributed by atoms with Crippen LogP contribution in [-0.2, 0) is 42.2 Å². The molecule has 0 aliphatic carbocycles. The van der Waals surface area contributed by atoms with Gasteiger partial charge in [-0.2, -0.15) is 0 Å². The molecule has 5 heteroatoms. The molecule has 0 aromatic rings. The number of carbonyl (C=O) groups excluding carboxylic acids is 1. The van der Waals surface area contributed by atoms with Gasteiger partial charge in [0.2, 0.25) is 0 Å². The van der Waals surface area contributed by atoms with Gasteiger partial charge in [0.05, 0.1) is 0 Å². The molecule has 0 unspecified atom stereocenters. The number of halogens is 1. The summed E-state index contributed by atoms with van der Waals surface area (Å²) in [6.07, 6.45) is 7.44. The zero-order valence-electron chi connectivity index (χ0n) is 11.0. The zero-order valence-corrected chi connectivity index (χ0v) is 16.0. The predicted molar refractivity (Wildman–Crippen MR) is 75.6 cm³/mol. The Labute approximate surface area is 140 Å². The molecule has 0 aromatic heterocycles. The summed E-state index contributed by atoms with van der Waals surface area (Å²) in [5.74, 6) is 2.00. The summed E-state index contributed by atoms with van der Waals surface area (Å²) in [7, 11) is 1.26. The number of ether oxygens (including phenoxy) is 1. The Kier molecular flexibility index (Phi) is 246. The van der Waals surface area contributed by atoms with Crippen molar-refractivity contribution in [3.63, 3.8) is 0 Å². The molecule has 0 amide bonds. The smallest absolute Gasteiger partial charge is 0.0362 e. The van der Waals surface area contributed by atoms with Crippen molar-refractivity contribution in [2.45, 2.75) is 34.6 Å². The third-order valence-electron chi connectivity index (χ3n) is 0.156. The fourth-order valence-corrected chi connectivity index (χ4v) is 0. The maximum Gasteiger partial charge on any atom is 0.0362 e. The van der Waals surface area contributed by atoms with Crippen molar-refractivity contribution in [3.05, 3.63) is 16.7 Å². The Morgan fingerprint density at radius 1 is 1.38 bits per heavy atom. The second-order valence-electron chi connectivity index (χ2n) is 0.856. The quantitative estimate of drug-likeness (QED) is 0.406. The first-order chi connectivity index (χ1) is 7.24. The van der Waals surface area contributed by atoms with Gasteiger partial charge in [-0.1, -0.05) is 56.8 Å². The van der Waals surface area contributed by atoms with Gasteiger partial charge >= 0.3 is 0 Å². The number of rotatable bonds is 1. The average Bonchev–Trinajstić information content (AvgIpc) is 2.35. The van der Waals surface area contributed by atoms with E-state index in [-0.39, 0.29) is 32.7 Å². The predicted octanol–water partition coefficient (Wildman–Crippen LogP) is 3.20. The second-order valence-corrected chi connectivity index (χ2v) is 1.58. The molecule has 2 N–H and O–H groups in total. The molecule has 0 fully saturated rings. The van der Waals surface area contributed by atoms with Crippen LogP contribution in [0.3, 0.4) is 0 Å². The van der Waals surface area contributed by atoms with Crippen LogP contribution in [0.15, 0.2) is 10.3 Å². The van der Waals surface area contributed by atoms with Crippen molar-refractivity contribution in [1.29, 1.82) is 0 Å². The van der Waals surface area contributed by atoms with Gasteiger partial charge in [0, 0.05) is 39.8 Å². The van der Waals surface area contributed by atoms with E-state index in [4.69, 9.17) is 17.0 Å². The standard InChI is InChI=1S/C3H3.C2H4IN.C2H3O2.2C2H6.Y/c1-3-2;3-1-2-4;1-4-2-3;2*1-2;/h1H3;1-2H,4H2;1H3;2*1-2H3;/q-1;;-1;;;/b;2-1-;;;;. The van der Waals surface area contributed by atoms with Gasteiger partial charge in [0.15, 0.2) is 0 Å². The van der Waals surface area contributed by atoms with Gasteiger partial charge < -0.3 is 27.6 Å². The van der Waals surface area contributed by atoms with Gasteiger partial charge in [-0.15, -0.1) is 0 Å². The summed E-state index contributed by atoms with van der Waals surface area (Å²) in [4.78, 5) is 8.83. The van der Waals surface area contributed by atoms with E-state index in [0.29, 0.717) is 0 Å². The number of hydrogen-bond acceptors (Lipinski definition) is 3. The molecule has 95 valence electrons. The topological polar surface area (TPSA) is 52.3 Å². The fourth-order valence-electron chi connectivity index (χ4n) is 0. The maximum atomic E-state index is 8.83. The Morgan fingerprint density at radius 2 is 1.50 bits per heavy atom. The van der Waals surface area contributed by atoms with Gasteiger partial charge in [0.25, 0.3) is 0 Å². The van der Waals surface area contributed by atoms with E-state index >= 15 is 0 Å². The summed E-state index contributed by atoms with van der Waals surface area (Å²) in [6, 6.07) is 0. The molecule has 16 heavy (non-hydrogen) atoms. The molecular formula is C11H22INO2Y-2. The zero-order chi connectivity index (χ0) is 13.5. The minimum atomic E-state index is 0. The van der Waals surface area contributed by atoms with E-state index in [2.05, 4.69) is 4.74 Å². The summed E-state index contributed by atoms with van der Waals surface area (Å²) in [6.45, 7) is 10.7. The first kappa shape index (κ1) is 36.0. The Hall–Kier alpha value is 0.404. The van der Waals surface area contributed by atoms with E-state index in [1.165, 1.54) is 19.8 Å². The second kappa shape index (κ2) is 109. The first-order valence-corrected chi connectivity index (χ1v) is 5.70. The van der Waals surface area contributed by atoms with E-state index in [1.54, 1.807) is 11.0 Å². The molecule has 0 bridgehead atoms. The molecule has 0 heterocycles. The van der Waals surface area contributed by atoms with E-state index < -0.39 is 0 Å². The molecule has 0 aliphatic rings. The Balaban J connectivity index is -0.0000000199. The Bertz CT molecular complexity index is 122. The minimum absolute atomic E-state index is 0. The molecule has 0 aliphatic heterocycles. The maximum absolute atomic E-state index is 8.83. The molecule has 0 saturated heterocycles. The van der Waals surface area contributed by atoms with Crippen molar-refractivity contribution in [2.75, 3.05) is 7.11 Å². The molecule has 3 nitrogen and oxygen atoms in total. The van der Waals surface area contributed by atoms with Crippen LogP contribution in [0.1, 0.15) is 34.6 Å². The van der Waals surface area contributed by atoms with Gasteiger partial charge in [-0.05, 0) is 17.2 Å². The van der Waals surface area contributed by atoms with Crippen molar-refractivity contribution in [2.24, 2.45) is 5.73 Å². The summed E-state index contributed by atoms with van der Waals surface area (Å²) in [5, 5.41) is 0. The van der Waals surface area contributed by atoms with Crippen LogP contribution < -0.4 is 5.73 Å². The number of hydrogen-bond donors (Lipinski definition) is 1. The third kappa shape index (κ3) is 448. The number of methoxy groups -OCH3 is 1. The monoisotopic (exact) mass is 416 g/mol. The molecule has 0 spiro atoms. The number of nitrogens with two attached hydrogens (primary N) is 1. The summed E-state index contributed by atoms with van der Waals surface area (Å²) >= 11 is 2.05. The van der Waals surface area contributed by atoms with Gasteiger partial charge in [-0.3, -0.25) is 0 Å². The van der Waals surface area contributed by atoms with E-state index in [1.807, 2.05) is 56.2 Å². The van der Waals surface area contributed by atoms with Crippen molar-refractivity contribution in [3.8, 4) is 5.92 Å². The van der Waals surface area contributed by atoms with E-state index in [9.17, 15) is 0 Å². The van der Waals surface area contributed by atoms with Crippen LogP contribution in [0.25, 0.3) is 0 Å². The first-order valence-electron chi connectivity index (χ1n) is 4.45. The molecule has 0 atom stereocenters. The minimum Gasteiger partial charge on any atom is -0.694 e. The van der Waals surface area contributed by atoms with Crippen molar-refractivity contribution < 1.29 is 42.2 Å². The van der Waals surface area contributed by atoms with Crippen LogP contribution in [0, 0.1) is 12.3 Å². The van der Waals surface area contributed by atoms with Crippen molar-refractivity contribution >= 4 is 29.1 Å². The van der Waals surface area contributed by atoms with Gasteiger partial charge in [-0.25, -0.2) is 0 Å². The van der Waals surface area contributed by atoms with Crippen LogP contribution in [-0.4, -0.2) is 13.6 Å². The van der Waals surface area contributed by atoms with Crippen molar-refractivity contribution in [1.82, 2.24) is 0 Å². The molecule has 0 saturated carbocycles.